The van der Waals surface area contributed by atoms with Crippen LogP contribution in [0, 0.1) is 12.7 Å². The smallest absolute Gasteiger partial charge is 0.126 e. The Labute approximate surface area is 110 Å². The summed E-state index contributed by atoms with van der Waals surface area (Å²) in [7, 11) is 2.12. The predicted octanol–water partition coefficient (Wildman–Crippen LogP) is 2.74. The molecule has 102 valence electrons. The molecule has 1 aromatic rings. The molecule has 0 heterocycles. The molecule has 1 rings (SSSR count). The van der Waals surface area contributed by atoms with Gasteiger partial charge in [0.1, 0.15) is 5.82 Å². The lowest BCUT2D eigenvalue weighted by Crippen LogP contribution is -2.24. The van der Waals surface area contributed by atoms with E-state index in [0.29, 0.717) is 0 Å². The molecule has 0 fully saturated rings. The minimum absolute atomic E-state index is 0.121. The first-order valence-electron chi connectivity index (χ1n) is 6.68. The third kappa shape index (κ3) is 5.61. The molecule has 3 heteroatoms. The fourth-order valence-corrected chi connectivity index (χ4v) is 1.98. The summed E-state index contributed by atoms with van der Waals surface area (Å²) in [5, 5.41) is 0. The first-order chi connectivity index (χ1) is 8.49. The highest BCUT2D eigenvalue weighted by molar-refractivity contribution is 5.24. The van der Waals surface area contributed by atoms with Crippen LogP contribution in [0.3, 0.4) is 0 Å². The van der Waals surface area contributed by atoms with E-state index in [4.69, 9.17) is 5.73 Å². The van der Waals surface area contributed by atoms with Crippen LogP contribution in [-0.2, 0) is 6.42 Å². The highest BCUT2D eigenvalue weighted by Crippen LogP contribution is 2.10. The van der Waals surface area contributed by atoms with Crippen molar-refractivity contribution in [3.63, 3.8) is 0 Å². The van der Waals surface area contributed by atoms with Crippen molar-refractivity contribution in [1.29, 1.82) is 0 Å². The van der Waals surface area contributed by atoms with Crippen molar-refractivity contribution in [2.75, 3.05) is 20.1 Å². The Kier molecular flexibility index (Phi) is 6.30. The van der Waals surface area contributed by atoms with Crippen LogP contribution in [-0.4, -0.2) is 31.1 Å². The van der Waals surface area contributed by atoms with Gasteiger partial charge >= 0.3 is 0 Å². The quantitative estimate of drug-likeness (QED) is 0.808. The topological polar surface area (TPSA) is 29.3 Å². The molecule has 18 heavy (non-hydrogen) atoms. The van der Waals surface area contributed by atoms with E-state index in [1.54, 1.807) is 6.07 Å². The van der Waals surface area contributed by atoms with E-state index >= 15 is 0 Å². The van der Waals surface area contributed by atoms with Gasteiger partial charge in [-0.05, 0) is 63.9 Å². The summed E-state index contributed by atoms with van der Waals surface area (Å²) in [4.78, 5) is 2.31. The van der Waals surface area contributed by atoms with Gasteiger partial charge in [-0.15, -0.1) is 0 Å². The largest absolute Gasteiger partial charge is 0.328 e. The number of aryl methyl sites for hydroxylation is 1. The summed E-state index contributed by atoms with van der Waals surface area (Å²) < 4.78 is 13.1. The number of halogens is 1. The lowest BCUT2D eigenvalue weighted by atomic mass is 10.1. The summed E-state index contributed by atoms with van der Waals surface area (Å²) in [6.45, 7) is 5.93. The van der Waals surface area contributed by atoms with Crippen LogP contribution in [0.25, 0.3) is 0 Å². The van der Waals surface area contributed by atoms with Gasteiger partial charge in [0.25, 0.3) is 0 Å². The molecule has 1 unspecified atom stereocenters. The van der Waals surface area contributed by atoms with Crippen molar-refractivity contribution in [2.24, 2.45) is 5.73 Å². The molecule has 0 amide bonds. The monoisotopic (exact) mass is 252 g/mol. The molecular weight excluding hydrogens is 227 g/mol. The third-order valence-electron chi connectivity index (χ3n) is 3.20. The molecular formula is C15H25FN2. The minimum Gasteiger partial charge on any atom is -0.328 e. The lowest BCUT2D eigenvalue weighted by molar-refractivity contribution is 0.326. The van der Waals surface area contributed by atoms with Crippen LogP contribution in [0.5, 0.6) is 0 Å². The first kappa shape index (κ1) is 15.1. The van der Waals surface area contributed by atoms with Crippen LogP contribution in [0.2, 0.25) is 0 Å². The summed E-state index contributed by atoms with van der Waals surface area (Å²) in [5.41, 5.74) is 7.65. The maximum Gasteiger partial charge on any atom is 0.126 e. The number of nitrogens with two attached hydrogens (primary N) is 1. The maximum atomic E-state index is 13.1. The van der Waals surface area contributed by atoms with Crippen molar-refractivity contribution in [1.82, 2.24) is 4.90 Å². The van der Waals surface area contributed by atoms with Crippen molar-refractivity contribution in [3.05, 3.63) is 35.1 Å². The second-order valence-corrected chi connectivity index (χ2v) is 5.26. The van der Waals surface area contributed by atoms with E-state index in [-0.39, 0.29) is 11.9 Å². The van der Waals surface area contributed by atoms with Crippen molar-refractivity contribution in [2.45, 2.75) is 39.2 Å². The fourth-order valence-electron chi connectivity index (χ4n) is 1.98. The minimum atomic E-state index is -0.121. The molecule has 2 nitrogen and oxygen atoms in total. The van der Waals surface area contributed by atoms with Gasteiger partial charge < -0.3 is 10.6 Å². The fraction of sp³-hybridized carbons (Fsp3) is 0.600. The standard InChI is InChI=1S/C15H25FN2/c1-12-11-14(6-7-15(12)16)8-10-18(3)9-4-5-13(2)17/h6-7,11,13H,4-5,8-10,17H2,1-3H3. The maximum absolute atomic E-state index is 13.1. The third-order valence-corrected chi connectivity index (χ3v) is 3.20. The highest BCUT2D eigenvalue weighted by atomic mass is 19.1. The Morgan fingerprint density at radius 2 is 2.06 bits per heavy atom. The van der Waals surface area contributed by atoms with Gasteiger partial charge in [-0.2, -0.15) is 0 Å². The van der Waals surface area contributed by atoms with Gasteiger partial charge in [-0.3, -0.25) is 0 Å². The van der Waals surface area contributed by atoms with Gasteiger partial charge in [0.15, 0.2) is 0 Å². The molecule has 1 aromatic carbocycles. The van der Waals surface area contributed by atoms with Gasteiger partial charge in [-0.1, -0.05) is 12.1 Å². The molecule has 0 aliphatic carbocycles. The van der Waals surface area contributed by atoms with E-state index in [1.807, 2.05) is 26.0 Å². The zero-order valence-electron chi connectivity index (χ0n) is 11.7. The zero-order chi connectivity index (χ0) is 13.5. The van der Waals surface area contributed by atoms with Gasteiger partial charge in [0.2, 0.25) is 0 Å². The SMILES string of the molecule is Cc1cc(CCN(C)CCCC(C)N)ccc1F. The van der Waals surface area contributed by atoms with E-state index in [1.165, 1.54) is 5.56 Å². The Morgan fingerprint density at radius 1 is 1.33 bits per heavy atom. The molecule has 0 bridgehead atoms. The Balaban J connectivity index is 2.29. The van der Waals surface area contributed by atoms with Crippen molar-refractivity contribution in [3.8, 4) is 0 Å². The van der Waals surface area contributed by atoms with Gasteiger partial charge in [0, 0.05) is 12.6 Å². The number of nitrogens with zero attached hydrogens (tertiary/aromatic N) is 1. The summed E-state index contributed by atoms with van der Waals surface area (Å²) >= 11 is 0. The van der Waals surface area contributed by atoms with E-state index in [2.05, 4.69) is 11.9 Å². The number of benzene rings is 1. The first-order valence-corrected chi connectivity index (χ1v) is 6.68. The molecule has 2 N–H and O–H groups in total. The number of rotatable bonds is 7. The van der Waals surface area contributed by atoms with E-state index in [0.717, 1.165) is 37.9 Å². The number of likely N-dealkylation sites (N-methyl/N-ethyl adjacent to an activating group) is 1. The van der Waals surface area contributed by atoms with E-state index in [9.17, 15) is 4.39 Å². The second kappa shape index (κ2) is 7.49. The van der Waals surface area contributed by atoms with Crippen LogP contribution < -0.4 is 5.73 Å². The molecule has 0 saturated carbocycles. The van der Waals surface area contributed by atoms with E-state index < -0.39 is 0 Å². The molecule has 1 atom stereocenters. The number of hydrogen-bond donors (Lipinski definition) is 1. The molecule has 0 aliphatic heterocycles. The summed E-state index contributed by atoms with van der Waals surface area (Å²) in [6.07, 6.45) is 3.17. The lowest BCUT2D eigenvalue weighted by Gasteiger charge is -2.17. The normalized spacial score (nSPS) is 13.0. The highest BCUT2D eigenvalue weighted by Gasteiger charge is 2.03. The molecule has 0 saturated heterocycles. The van der Waals surface area contributed by atoms with Crippen LogP contribution in [0.4, 0.5) is 4.39 Å². The van der Waals surface area contributed by atoms with Crippen molar-refractivity contribution >= 4 is 0 Å². The Bertz CT molecular complexity index is 364. The van der Waals surface area contributed by atoms with Gasteiger partial charge in [-0.25, -0.2) is 4.39 Å². The summed E-state index contributed by atoms with van der Waals surface area (Å²) in [5.74, 6) is -0.121. The van der Waals surface area contributed by atoms with Crippen LogP contribution in [0.1, 0.15) is 30.9 Å². The average Bonchev–Trinajstić information content (AvgIpc) is 2.30. The average molecular weight is 252 g/mol. The zero-order valence-corrected chi connectivity index (χ0v) is 11.7. The molecule has 0 spiro atoms. The molecule has 0 aliphatic rings. The Hall–Kier alpha value is -0.930. The van der Waals surface area contributed by atoms with Crippen molar-refractivity contribution < 1.29 is 4.39 Å². The Morgan fingerprint density at radius 3 is 2.67 bits per heavy atom. The molecule has 0 aromatic heterocycles. The predicted molar refractivity (Wildman–Crippen MR) is 75.2 cm³/mol. The van der Waals surface area contributed by atoms with Gasteiger partial charge in [0.05, 0.1) is 0 Å². The van der Waals surface area contributed by atoms with Crippen LogP contribution >= 0.6 is 0 Å². The summed E-state index contributed by atoms with van der Waals surface area (Å²) in [6, 6.07) is 5.66. The number of hydrogen-bond acceptors (Lipinski definition) is 2. The molecule has 0 radical (unpaired) electrons. The van der Waals surface area contributed by atoms with Crippen LogP contribution in [0.15, 0.2) is 18.2 Å². The second-order valence-electron chi connectivity index (χ2n) is 5.26.